The second-order valence-corrected chi connectivity index (χ2v) is 8.66. The number of aryl methyl sites for hydroxylation is 1. The minimum absolute atomic E-state index is 0.0423. The number of hydrogen-bond acceptors (Lipinski definition) is 4. The predicted octanol–water partition coefficient (Wildman–Crippen LogP) is 3.56. The molecule has 1 amide bonds. The van der Waals surface area contributed by atoms with Crippen LogP contribution in [0.15, 0.2) is 0 Å². The van der Waals surface area contributed by atoms with Crippen molar-refractivity contribution in [1.29, 1.82) is 5.26 Å². The van der Waals surface area contributed by atoms with Gasteiger partial charge in [-0.3, -0.25) is 9.69 Å². The van der Waals surface area contributed by atoms with Crippen LogP contribution in [-0.4, -0.2) is 30.4 Å². The quantitative estimate of drug-likeness (QED) is 0.913. The lowest BCUT2D eigenvalue weighted by atomic mass is 9.75. The fourth-order valence-corrected chi connectivity index (χ4v) is 6.06. The van der Waals surface area contributed by atoms with Crippen molar-refractivity contribution in [2.75, 3.05) is 25.0 Å². The number of anilines is 1. The minimum atomic E-state index is 0.0423. The van der Waals surface area contributed by atoms with Crippen LogP contribution in [0.2, 0.25) is 0 Å². The SMILES string of the molecule is N#Cc1c(NC(=O)CN2CC[C@H]3CCCC[C@@H]3C2)sc2c1CCC2. The fourth-order valence-electron chi connectivity index (χ4n) is 4.80. The highest BCUT2D eigenvalue weighted by Gasteiger charge is 2.32. The first kappa shape index (κ1) is 16.1. The molecule has 1 saturated carbocycles. The van der Waals surface area contributed by atoms with Crippen molar-refractivity contribution in [2.24, 2.45) is 11.8 Å². The van der Waals surface area contributed by atoms with E-state index < -0.39 is 0 Å². The van der Waals surface area contributed by atoms with Crippen LogP contribution in [0.4, 0.5) is 5.00 Å². The lowest BCUT2D eigenvalue weighted by Gasteiger charge is -2.41. The molecule has 0 aromatic carbocycles. The van der Waals surface area contributed by atoms with Crippen molar-refractivity contribution in [1.82, 2.24) is 4.90 Å². The van der Waals surface area contributed by atoms with Gasteiger partial charge in [-0.05, 0) is 56.0 Å². The zero-order valence-electron chi connectivity index (χ0n) is 14.1. The Morgan fingerprint density at radius 2 is 2.04 bits per heavy atom. The van der Waals surface area contributed by atoms with E-state index in [2.05, 4.69) is 16.3 Å². The Hall–Kier alpha value is -1.38. The molecule has 2 fully saturated rings. The molecule has 5 heteroatoms. The van der Waals surface area contributed by atoms with Crippen LogP contribution >= 0.6 is 11.3 Å². The second-order valence-electron chi connectivity index (χ2n) is 7.55. The molecule has 1 N–H and O–H groups in total. The molecule has 0 unspecified atom stereocenters. The molecule has 4 nitrogen and oxygen atoms in total. The summed E-state index contributed by atoms with van der Waals surface area (Å²) < 4.78 is 0. The van der Waals surface area contributed by atoms with E-state index in [1.165, 1.54) is 42.5 Å². The average molecular weight is 343 g/mol. The van der Waals surface area contributed by atoms with Crippen molar-refractivity contribution < 1.29 is 4.79 Å². The van der Waals surface area contributed by atoms with Crippen LogP contribution in [0.3, 0.4) is 0 Å². The van der Waals surface area contributed by atoms with Gasteiger partial charge in [-0.1, -0.05) is 19.3 Å². The Balaban J connectivity index is 1.37. The molecule has 1 aromatic rings. The Bertz CT molecular complexity index is 675. The Labute approximate surface area is 147 Å². The van der Waals surface area contributed by atoms with Gasteiger partial charge in [-0.25, -0.2) is 0 Å². The maximum Gasteiger partial charge on any atom is 0.239 e. The third-order valence-corrected chi connectivity index (χ3v) is 7.24. The molecule has 2 aliphatic carbocycles. The van der Waals surface area contributed by atoms with Gasteiger partial charge in [0, 0.05) is 11.4 Å². The summed E-state index contributed by atoms with van der Waals surface area (Å²) in [7, 11) is 0. The van der Waals surface area contributed by atoms with Gasteiger partial charge < -0.3 is 5.32 Å². The summed E-state index contributed by atoms with van der Waals surface area (Å²) in [5.41, 5.74) is 1.90. The van der Waals surface area contributed by atoms with Crippen molar-refractivity contribution >= 4 is 22.2 Å². The van der Waals surface area contributed by atoms with E-state index >= 15 is 0 Å². The van der Waals surface area contributed by atoms with E-state index in [0.717, 1.165) is 49.2 Å². The number of likely N-dealkylation sites (tertiary alicyclic amines) is 1. The van der Waals surface area contributed by atoms with E-state index in [-0.39, 0.29) is 5.91 Å². The maximum absolute atomic E-state index is 12.5. The summed E-state index contributed by atoms with van der Waals surface area (Å²) in [5.74, 6) is 1.73. The van der Waals surface area contributed by atoms with Gasteiger partial charge in [0.25, 0.3) is 0 Å². The average Bonchev–Trinajstić information content (AvgIpc) is 3.15. The third-order valence-electron chi connectivity index (χ3n) is 6.03. The van der Waals surface area contributed by atoms with Crippen LogP contribution < -0.4 is 5.32 Å². The molecule has 1 saturated heterocycles. The number of rotatable bonds is 3. The second kappa shape index (κ2) is 6.85. The van der Waals surface area contributed by atoms with Crippen molar-refractivity contribution in [3.63, 3.8) is 0 Å². The molecule has 0 bridgehead atoms. The molecule has 0 spiro atoms. The zero-order valence-corrected chi connectivity index (χ0v) is 15.0. The number of thiophene rings is 1. The van der Waals surface area contributed by atoms with Crippen LogP contribution in [0, 0.1) is 23.2 Å². The van der Waals surface area contributed by atoms with E-state index in [4.69, 9.17) is 0 Å². The number of carbonyl (C=O) groups is 1. The van der Waals surface area contributed by atoms with E-state index in [1.807, 2.05) is 0 Å². The topological polar surface area (TPSA) is 56.1 Å². The predicted molar refractivity (Wildman–Crippen MR) is 96.2 cm³/mol. The molecular weight excluding hydrogens is 318 g/mol. The van der Waals surface area contributed by atoms with Gasteiger partial charge in [-0.2, -0.15) is 5.26 Å². The summed E-state index contributed by atoms with van der Waals surface area (Å²) in [6.07, 6.45) is 9.89. The first-order valence-corrected chi connectivity index (χ1v) is 10.1. The summed E-state index contributed by atoms with van der Waals surface area (Å²) in [5, 5.41) is 13.2. The van der Waals surface area contributed by atoms with Crippen LogP contribution in [0.5, 0.6) is 0 Å². The largest absolute Gasteiger partial charge is 0.315 e. The monoisotopic (exact) mass is 343 g/mol. The highest BCUT2D eigenvalue weighted by Crippen LogP contribution is 2.39. The smallest absolute Gasteiger partial charge is 0.239 e. The molecule has 0 radical (unpaired) electrons. The molecule has 4 rings (SSSR count). The van der Waals surface area contributed by atoms with E-state index in [1.54, 1.807) is 11.3 Å². The van der Waals surface area contributed by atoms with Gasteiger partial charge in [0.05, 0.1) is 12.1 Å². The number of piperidine rings is 1. The Kier molecular flexibility index (Phi) is 4.60. The standard InChI is InChI=1S/C19H25N3OS/c20-10-16-15-6-3-7-17(15)24-19(16)21-18(23)12-22-9-8-13-4-1-2-5-14(13)11-22/h13-14H,1-9,11-12H2,(H,21,23)/t13-,14-/m1/s1. The van der Waals surface area contributed by atoms with E-state index in [9.17, 15) is 10.1 Å². The van der Waals surface area contributed by atoms with E-state index in [0.29, 0.717) is 12.1 Å². The van der Waals surface area contributed by atoms with Gasteiger partial charge in [0.15, 0.2) is 0 Å². The van der Waals surface area contributed by atoms with Crippen molar-refractivity contribution in [2.45, 2.75) is 51.4 Å². The molecule has 24 heavy (non-hydrogen) atoms. The molecule has 2 atom stereocenters. The molecular formula is C19H25N3OS. The first-order chi connectivity index (χ1) is 11.7. The zero-order chi connectivity index (χ0) is 16.5. The van der Waals surface area contributed by atoms with Gasteiger partial charge in [0.1, 0.15) is 11.1 Å². The number of amides is 1. The summed E-state index contributed by atoms with van der Waals surface area (Å²) in [4.78, 5) is 16.1. The number of fused-ring (bicyclic) bond motifs is 2. The Morgan fingerprint density at radius 1 is 1.21 bits per heavy atom. The number of nitrogens with one attached hydrogen (secondary N) is 1. The van der Waals surface area contributed by atoms with Gasteiger partial charge in [-0.15, -0.1) is 11.3 Å². The number of hydrogen-bond donors (Lipinski definition) is 1. The summed E-state index contributed by atoms with van der Waals surface area (Å²) in [6, 6.07) is 2.30. The lowest BCUT2D eigenvalue weighted by Crippen LogP contribution is -2.44. The maximum atomic E-state index is 12.5. The van der Waals surface area contributed by atoms with Gasteiger partial charge in [0.2, 0.25) is 5.91 Å². The van der Waals surface area contributed by atoms with Gasteiger partial charge >= 0.3 is 0 Å². The molecule has 1 aromatic heterocycles. The van der Waals surface area contributed by atoms with Crippen LogP contribution in [0.1, 0.15) is 54.5 Å². The summed E-state index contributed by atoms with van der Waals surface area (Å²) in [6.45, 7) is 2.58. The molecule has 1 aliphatic heterocycles. The fraction of sp³-hybridized carbons (Fsp3) is 0.684. The summed E-state index contributed by atoms with van der Waals surface area (Å²) >= 11 is 1.61. The minimum Gasteiger partial charge on any atom is -0.315 e. The van der Waals surface area contributed by atoms with Crippen LogP contribution in [-0.2, 0) is 17.6 Å². The molecule has 3 aliphatic rings. The van der Waals surface area contributed by atoms with Crippen molar-refractivity contribution in [3.05, 3.63) is 16.0 Å². The third kappa shape index (κ3) is 3.10. The first-order valence-electron chi connectivity index (χ1n) is 9.31. The number of nitriles is 1. The lowest BCUT2D eigenvalue weighted by molar-refractivity contribution is -0.118. The number of carbonyl (C=O) groups excluding carboxylic acids is 1. The highest BCUT2D eigenvalue weighted by molar-refractivity contribution is 7.16. The Morgan fingerprint density at radius 3 is 2.88 bits per heavy atom. The number of nitrogens with zero attached hydrogens (tertiary/aromatic N) is 2. The normalized spacial score (nSPS) is 26.5. The highest BCUT2D eigenvalue weighted by atomic mass is 32.1. The van der Waals surface area contributed by atoms with Crippen LogP contribution in [0.25, 0.3) is 0 Å². The molecule has 128 valence electrons. The molecule has 2 heterocycles. The van der Waals surface area contributed by atoms with Crippen molar-refractivity contribution in [3.8, 4) is 6.07 Å².